The number of hydrogen-bond acceptors (Lipinski definition) is 4. The van der Waals surface area contributed by atoms with Crippen LogP contribution in [0, 0.1) is 6.92 Å². The van der Waals surface area contributed by atoms with Gasteiger partial charge in [-0.25, -0.2) is 0 Å². The van der Waals surface area contributed by atoms with E-state index >= 15 is 0 Å². The monoisotopic (exact) mass is 205 g/mol. The van der Waals surface area contributed by atoms with Crippen LogP contribution >= 0.6 is 0 Å². The highest BCUT2D eigenvalue weighted by Crippen LogP contribution is 2.23. The first-order chi connectivity index (χ1) is 7.29. The summed E-state index contributed by atoms with van der Waals surface area (Å²) in [4.78, 5) is 3.89. The number of H-pyrrole nitrogens is 1. The molecule has 0 unspecified atom stereocenters. The smallest absolute Gasteiger partial charge is 0.238 e. The molecule has 0 saturated heterocycles. The lowest BCUT2D eigenvalue weighted by Gasteiger charge is -2.05. The normalized spacial score (nSPS) is 10.3. The molecule has 15 heavy (non-hydrogen) atoms. The summed E-state index contributed by atoms with van der Waals surface area (Å²) in [6.45, 7) is 1.78. The van der Waals surface area contributed by atoms with Crippen molar-refractivity contribution in [1.82, 2.24) is 15.2 Å². The minimum absolute atomic E-state index is 0.105. The summed E-state index contributed by atoms with van der Waals surface area (Å²) < 4.78 is 5.48. The highest BCUT2D eigenvalue weighted by atomic mass is 16.5. The third-order valence-electron chi connectivity index (χ3n) is 1.93. The van der Waals surface area contributed by atoms with Gasteiger partial charge >= 0.3 is 0 Å². The van der Waals surface area contributed by atoms with Crippen LogP contribution in [0.15, 0.2) is 24.5 Å². The minimum atomic E-state index is -0.105. The maximum atomic E-state index is 9.05. The molecule has 0 aliphatic carbocycles. The van der Waals surface area contributed by atoms with Gasteiger partial charge in [-0.1, -0.05) is 0 Å². The Morgan fingerprint density at radius 2 is 2.40 bits per heavy atom. The van der Waals surface area contributed by atoms with Gasteiger partial charge in [-0.3, -0.25) is 10.1 Å². The summed E-state index contributed by atoms with van der Waals surface area (Å²) in [7, 11) is 0. The van der Waals surface area contributed by atoms with Crippen LogP contribution in [0.3, 0.4) is 0 Å². The molecule has 78 valence electrons. The molecule has 2 aromatic heterocycles. The predicted octanol–water partition coefficient (Wildman–Crippen LogP) is 1.40. The number of aliphatic hydroxyl groups excluding tert-OH is 1. The molecule has 0 fully saturated rings. The Hall–Kier alpha value is -1.88. The quantitative estimate of drug-likeness (QED) is 0.794. The molecule has 0 aromatic carbocycles. The number of pyridine rings is 1. The number of aryl methyl sites for hydroxylation is 1. The van der Waals surface area contributed by atoms with E-state index in [1.165, 1.54) is 0 Å². The number of nitrogens with one attached hydrogen (secondary N) is 1. The van der Waals surface area contributed by atoms with Gasteiger partial charge in [0.1, 0.15) is 5.75 Å². The molecule has 0 saturated carbocycles. The third kappa shape index (κ3) is 2.13. The minimum Gasteiger partial charge on any atom is -0.437 e. The number of aromatic nitrogens is 3. The van der Waals surface area contributed by atoms with Crippen LogP contribution in [0.5, 0.6) is 11.6 Å². The largest absolute Gasteiger partial charge is 0.437 e. The number of rotatable bonds is 3. The summed E-state index contributed by atoms with van der Waals surface area (Å²) in [5.41, 5.74) is 1.56. The van der Waals surface area contributed by atoms with Gasteiger partial charge in [-0.05, 0) is 13.0 Å². The van der Waals surface area contributed by atoms with Crippen molar-refractivity contribution >= 4 is 0 Å². The first-order valence-corrected chi connectivity index (χ1v) is 4.53. The SMILES string of the molecule is Cc1cc(Oc2ccncc2CO)n[nH]1. The van der Waals surface area contributed by atoms with Crippen LogP contribution in [0.4, 0.5) is 0 Å². The van der Waals surface area contributed by atoms with Crippen molar-refractivity contribution in [2.75, 3.05) is 0 Å². The number of nitrogens with zero attached hydrogens (tertiary/aromatic N) is 2. The Morgan fingerprint density at radius 3 is 3.07 bits per heavy atom. The van der Waals surface area contributed by atoms with Crippen molar-refractivity contribution in [2.24, 2.45) is 0 Å². The fraction of sp³-hybridized carbons (Fsp3) is 0.200. The molecule has 0 radical (unpaired) electrons. The van der Waals surface area contributed by atoms with Crippen LogP contribution in [0.25, 0.3) is 0 Å². The molecule has 0 aliphatic rings. The van der Waals surface area contributed by atoms with Gasteiger partial charge in [0.05, 0.1) is 6.61 Å². The Morgan fingerprint density at radius 1 is 1.53 bits per heavy atom. The molecule has 0 atom stereocenters. The van der Waals surface area contributed by atoms with Crippen molar-refractivity contribution < 1.29 is 9.84 Å². The van der Waals surface area contributed by atoms with Crippen molar-refractivity contribution in [1.29, 1.82) is 0 Å². The summed E-state index contributed by atoms with van der Waals surface area (Å²) in [5.74, 6) is 1.05. The third-order valence-corrected chi connectivity index (χ3v) is 1.93. The van der Waals surface area contributed by atoms with Crippen molar-refractivity contribution in [3.63, 3.8) is 0 Å². The van der Waals surface area contributed by atoms with E-state index < -0.39 is 0 Å². The maximum absolute atomic E-state index is 9.05. The molecular formula is C10H11N3O2. The van der Waals surface area contributed by atoms with Gasteiger partial charge in [0.15, 0.2) is 0 Å². The van der Waals surface area contributed by atoms with Crippen LogP contribution in [-0.4, -0.2) is 20.3 Å². The highest BCUT2D eigenvalue weighted by molar-refractivity contribution is 5.33. The summed E-state index contributed by atoms with van der Waals surface area (Å²) in [6.07, 6.45) is 3.17. The first kappa shape index (κ1) is 9.67. The molecule has 0 bridgehead atoms. The number of hydrogen-bond donors (Lipinski definition) is 2. The zero-order chi connectivity index (χ0) is 10.7. The fourth-order valence-corrected chi connectivity index (χ4v) is 1.19. The average Bonchev–Trinajstić information content (AvgIpc) is 2.65. The van der Waals surface area contributed by atoms with Crippen LogP contribution in [0.1, 0.15) is 11.3 Å². The molecule has 5 heteroatoms. The summed E-state index contributed by atoms with van der Waals surface area (Å²) in [6, 6.07) is 3.47. The van der Waals surface area contributed by atoms with Gasteiger partial charge in [0, 0.05) is 29.7 Å². The molecule has 0 aliphatic heterocycles. The summed E-state index contributed by atoms with van der Waals surface area (Å²) >= 11 is 0. The van der Waals surface area contributed by atoms with Gasteiger partial charge < -0.3 is 9.84 Å². The molecule has 2 aromatic rings. The summed E-state index contributed by atoms with van der Waals surface area (Å²) in [5, 5.41) is 15.8. The zero-order valence-electron chi connectivity index (χ0n) is 8.27. The molecule has 2 N–H and O–H groups in total. The van der Waals surface area contributed by atoms with E-state index in [1.54, 1.807) is 24.5 Å². The second kappa shape index (κ2) is 4.10. The Bertz CT molecular complexity index is 453. The van der Waals surface area contributed by atoms with Crippen molar-refractivity contribution in [3.8, 4) is 11.6 Å². The lowest BCUT2D eigenvalue weighted by Crippen LogP contribution is -1.92. The van der Waals surface area contributed by atoms with E-state index in [-0.39, 0.29) is 6.61 Å². The van der Waals surface area contributed by atoms with Gasteiger partial charge in [-0.2, -0.15) is 0 Å². The van der Waals surface area contributed by atoms with E-state index in [4.69, 9.17) is 9.84 Å². The average molecular weight is 205 g/mol. The van der Waals surface area contributed by atoms with Crippen LogP contribution in [0.2, 0.25) is 0 Å². The Labute approximate surface area is 86.7 Å². The highest BCUT2D eigenvalue weighted by Gasteiger charge is 2.05. The first-order valence-electron chi connectivity index (χ1n) is 4.53. The number of aromatic amines is 1. The lowest BCUT2D eigenvalue weighted by atomic mass is 10.3. The second-order valence-corrected chi connectivity index (χ2v) is 3.13. The molecule has 0 spiro atoms. The standard InChI is InChI=1S/C10H11N3O2/c1-7-4-10(13-12-7)15-9-2-3-11-5-8(9)6-14/h2-5,14H,6H2,1H3,(H,12,13). The lowest BCUT2D eigenvalue weighted by molar-refractivity contribution is 0.275. The van der Waals surface area contributed by atoms with Crippen LogP contribution in [-0.2, 0) is 6.61 Å². The second-order valence-electron chi connectivity index (χ2n) is 3.13. The van der Waals surface area contributed by atoms with E-state index in [0.29, 0.717) is 17.2 Å². The van der Waals surface area contributed by atoms with Gasteiger partial charge in [0.25, 0.3) is 0 Å². The zero-order valence-corrected chi connectivity index (χ0v) is 8.27. The Balaban J connectivity index is 2.23. The predicted molar refractivity (Wildman–Crippen MR) is 53.6 cm³/mol. The molecule has 2 heterocycles. The number of aliphatic hydroxyl groups is 1. The van der Waals surface area contributed by atoms with Crippen molar-refractivity contribution in [2.45, 2.75) is 13.5 Å². The van der Waals surface area contributed by atoms with E-state index in [9.17, 15) is 0 Å². The van der Waals surface area contributed by atoms with Crippen molar-refractivity contribution in [3.05, 3.63) is 35.8 Å². The van der Waals surface area contributed by atoms with Crippen LogP contribution < -0.4 is 4.74 Å². The maximum Gasteiger partial charge on any atom is 0.238 e. The van der Waals surface area contributed by atoms with Gasteiger partial charge in [-0.15, -0.1) is 5.10 Å². The van der Waals surface area contributed by atoms with Gasteiger partial charge in [0.2, 0.25) is 5.88 Å². The fourth-order valence-electron chi connectivity index (χ4n) is 1.19. The topological polar surface area (TPSA) is 71.0 Å². The molecule has 2 rings (SSSR count). The van der Waals surface area contributed by atoms with E-state index in [1.807, 2.05) is 6.92 Å². The Kier molecular flexibility index (Phi) is 2.64. The van der Waals surface area contributed by atoms with E-state index in [0.717, 1.165) is 5.69 Å². The number of ether oxygens (including phenoxy) is 1. The van der Waals surface area contributed by atoms with E-state index in [2.05, 4.69) is 15.2 Å². The molecule has 5 nitrogen and oxygen atoms in total. The molecular weight excluding hydrogens is 194 g/mol. The molecule has 0 amide bonds.